The van der Waals surface area contributed by atoms with E-state index in [0.29, 0.717) is 5.75 Å². The summed E-state index contributed by atoms with van der Waals surface area (Å²) in [5.41, 5.74) is 6.63. The normalized spacial score (nSPS) is 12.5. The molecule has 96 valence electrons. The van der Waals surface area contributed by atoms with E-state index in [1.807, 2.05) is 35.7 Å². The van der Waals surface area contributed by atoms with Crippen molar-refractivity contribution in [3.8, 4) is 0 Å². The molecule has 18 heavy (non-hydrogen) atoms. The monoisotopic (exact) mass is 297 g/mol. The number of hydrogen-bond acceptors (Lipinski definition) is 5. The standard InChI is InChI=1S/C13H15NOS3/c14-11-4-1-2-5-12(11)17-8-10(15)9-18-13-6-3-7-16-13/h1-7,10,15H,8-9,14H2/t10-/m0/s1. The van der Waals surface area contributed by atoms with Gasteiger partial charge in [-0.2, -0.15) is 0 Å². The molecule has 0 aliphatic heterocycles. The molecule has 1 aromatic heterocycles. The predicted octanol–water partition coefficient (Wildman–Crippen LogP) is 3.58. The molecule has 1 aromatic carbocycles. The van der Waals surface area contributed by atoms with E-state index in [-0.39, 0.29) is 6.10 Å². The summed E-state index contributed by atoms with van der Waals surface area (Å²) in [7, 11) is 0. The average Bonchev–Trinajstić information content (AvgIpc) is 2.88. The van der Waals surface area contributed by atoms with Crippen molar-refractivity contribution < 1.29 is 5.11 Å². The van der Waals surface area contributed by atoms with E-state index >= 15 is 0 Å². The van der Waals surface area contributed by atoms with Gasteiger partial charge in [-0.15, -0.1) is 34.9 Å². The van der Waals surface area contributed by atoms with Crippen molar-refractivity contribution in [1.29, 1.82) is 0 Å². The van der Waals surface area contributed by atoms with Crippen LogP contribution in [0.1, 0.15) is 0 Å². The molecule has 2 nitrogen and oxygen atoms in total. The number of para-hydroxylation sites is 1. The Morgan fingerprint density at radius 1 is 1.11 bits per heavy atom. The zero-order valence-corrected chi connectivity index (χ0v) is 12.2. The fourth-order valence-electron chi connectivity index (χ4n) is 1.37. The Labute approximate surface area is 120 Å². The van der Waals surface area contributed by atoms with Crippen LogP contribution >= 0.6 is 34.9 Å². The number of benzene rings is 1. The molecule has 0 saturated heterocycles. The van der Waals surface area contributed by atoms with Gasteiger partial charge in [-0.1, -0.05) is 18.2 Å². The maximum absolute atomic E-state index is 9.92. The summed E-state index contributed by atoms with van der Waals surface area (Å²) in [6.45, 7) is 0. The maximum Gasteiger partial charge on any atom is 0.0728 e. The smallest absolute Gasteiger partial charge is 0.0728 e. The Morgan fingerprint density at radius 3 is 2.61 bits per heavy atom. The summed E-state index contributed by atoms with van der Waals surface area (Å²) in [6.07, 6.45) is -0.318. The molecule has 3 N–H and O–H groups in total. The summed E-state index contributed by atoms with van der Waals surface area (Å²) in [4.78, 5) is 1.04. The van der Waals surface area contributed by atoms with Crippen molar-refractivity contribution in [2.45, 2.75) is 15.2 Å². The molecular weight excluding hydrogens is 282 g/mol. The highest BCUT2D eigenvalue weighted by atomic mass is 32.2. The van der Waals surface area contributed by atoms with Gasteiger partial charge < -0.3 is 10.8 Å². The minimum Gasteiger partial charge on any atom is -0.398 e. The third kappa shape index (κ3) is 4.24. The minimum atomic E-state index is -0.318. The molecule has 2 rings (SSSR count). The van der Waals surface area contributed by atoms with Crippen LogP contribution in [0.15, 0.2) is 50.9 Å². The second-order valence-corrected chi connectivity index (χ2v) is 7.08. The zero-order chi connectivity index (χ0) is 12.8. The molecule has 0 bridgehead atoms. The van der Waals surface area contributed by atoms with Crippen LogP contribution in [0.25, 0.3) is 0 Å². The molecule has 0 spiro atoms. The molecule has 0 aliphatic carbocycles. The quantitative estimate of drug-likeness (QED) is 0.632. The lowest BCUT2D eigenvalue weighted by Crippen LogP contribution is -2.12. The average molecular weight is 297 g/mol. The summed E-state index contributed by atoms with van der Waals surface area (Å²) >= 11 is 5.01. The predicted molar refractivity (Wildman–Crippen MR) is 82.6 cm³/mol. The molecule has 0 fully saturated rings. The summed E-state index contributed by atoms with van der Waals surface area (Å²) in [5.74, 6) is 1.40. The van der Waals surface area contributed by atoms with Gasteiger partial charge in [-0.3, -0.25) is 0 Å². The van der Waals surface area contributed by atoms with Gasteiger partial charge in [0.1, 0.15) is 0 Å². The molecule has 2 aromatic rings. The Kier molecular flexibility index (Phi) is 5.44. The first-order valence-electron chi connectivity index (χ1n) is 5.57. The molecule has 0 unspecified atom stereocenters. The van der Waals surface area contributed by atoms with Crippen LogP contribution in [0.2, 0.25) is 0 Å². The summed E-state index contributed by atoms with van der Waals surface area (Å²) < 4.78 is 1.25. The first-order valence-corrected chi connectivity index (χ1v) is 8.42. The van der Waals surface area contributed by atoms with Crippen LogP contribution in [0.3, 0.4) is 0 Å². The molecule has 0 radical (unpaired) electrons. The van der Waals surface area contributed by atoms with Crippen molar-refractivity contribution in [2.75, 3.05) is 17.2 Å². The number of nitrogen functional groups attached to an aromatic ring is 1. The number of anilines is 1. The maximum atomic E-state index is 9.92. The third-order valence-corrected chi connectivity index (χ3v) is 5.77. The van der Waals surface area contributed by atoms with Gasteiger partial charge in [0.05, 0.1) is 10.3 Å². The van der Waals surface area contributed by atoms with Crippen LogP contribution in [0.4, 0.5) is 5.69 Å². The Hall–Kier alpha value is -0.620. The van der Waals surface area contributed by atoms with Gasteiger partial charge in [0.15, 0.2) is 0 Å². The van der Waals surface area contributed by atoms with E-state index in [4.69, 9.17) is 5.73 Å². The highest BCUT2D eigenvalue weighted by Crippen LogP contribution is 2.28. The minimum absolute atomic E-state index is 0.318. The van der Waals surface area contributed by atoms with Crippen LogP contribution in [-0.4, -0.2) is 22.7 Å². The van der Waals surface area contributed by atoms with Gasteiger partial charge in [-0.05, 0) is 23.6 Å². The highest BCUT2D eigenvalue weighted by molar-refractivity contribution is 8.01. The van der Waals surface area contributed by atoms with Crippen molar-refractivity contribution in [3.63, 3.8) is 0 Å². The number of rotatable bonds is 6. The molecular formula is C13H15NOS3. The lowest BCUT2D eigenvalue weighted by atomic mass is 10.3. The second kappa shape index (κ2) is 7.09. The topological polar surface area (TPSA) is 46.2 Å². The van der Waals surface area contributed by atoms with E-state index in [9.17, 15) is 5.11 Å². The lowest BCUT2D eigenvalue weighted by Gasteiger charge is -2.10. The number of thioether (sulfide) groups is 2. The van der Waals surface area contributed by atoms with Gasteiger partial charge in [-0.25, -0.2) is 0 Å². The van der Waals surface area contributed by atoms with Crippen LogP contribution in [0.5, 0.6) is 0 Å². The molecule has 5 heteroatoms. The van der Waals surface area contributed by atoms with Crippen LogP contribution in [-0.2, 0) is 0 Å². The molecule has 0 amide bonds. The van der Waals surface area contributed by atoms with Crippen molar-refractivity contribution in [3.05, 3.63) is 41.8 Å². The third-order valence-electron chi connectivity index (χ3n) is 2.26. The van der Waals surface area contributed by atoms with E-state index in [2.05, 4.69) is 6.07 Å². The van der Waals surface area contributed by atoms with E-state index in [1.165, 1.54) is 4.21 Å². The van der Waals surface area contributed by atoms with E-state index in [0.717, 1.165) is 16.3 Å². The van der Waals surface area contributed by atoms with Crippen molar-refractivity contribution in [2.24, 2.45) is 0 Å². The fourth-order valence-corrected chi connectivity index (χ4v) is 4.16. The molecule has 1 heterocycles. The number of hydrogen-bond donors (Lipinski definition) is 2. The first kappa shape index (κ1) is 13.8. The first-order chi connectivity index (χ1) is 8.75. The highest BCUT2D eigenvalue weighted by Gasteiger charge is 2.07. The van der Waals surface area contributed by atoms with Gasteiger partial charge in [0.25, 0.3) is 0 Å². The van der Waals surface area contributed by atoms with Crippen molar-refractivity contribution >= 4 is 40.5 Å². The second-order valence-electron chi connectivity index (χ2n) is 3.75. The zero-order valence-electron chi connectivity index (χ0n) is 9.78. The molecule has 0 aliphatic rings. The number of thiophene rings is 1. The van der Waals surface area contributed by atoms with Crippen molar-refractivity contribution in [1.82, 2.24) is 0 Å². The number of aliphatic hydroxyl groups excluding tert-OH is 1. The van der Waals surface area contributed by atoms with Crippen LogP contribution in [0, 0.1) is 0 Å². The van der Waals surface area contributed by atoms with Gasteiger partial charge in [0, 0.05) is 22.1 Å². The fraction of sp³-hybridized carbons (Fsp3) is 0.231. The van der Waals surface area contributed by atoms with Crippen LogP contribution < -0.4 is 5.73 Å². The van der Waals surface area contributed by atoms with E-state index < -0.39 is 0 Å². The Morgan fingerprint density at radius 2 is 1.89 bits per heavy atom. The summed E-state index contributed by atoms with van der Waals surface area (Å²) in [6, 6.07) is 11.9. The number of nitrogens with two attached hydrogens (primary N) is 1. The van der Waals surface area contributed by atoms with Gasteiger partial charge >= 0.3 is 0 Å². The van der Waals surface area contributed by atoms with E-state index in [1.54, 1.807) is 34.9 Å². The lowest BCUT2D eigenvalue weighted by molar-refractivity contribution is 0.225. The molecule has 0 saturated carbocycles. The Bertz CT molecular complexity index is 473. The Balaban J connectivity index is 1.75. The number of aliphatic hydroxyl groups is 1. The summed E-state index contributed by atoms with van der Waals surface area (Å²) in [5, 5.41) is 12.0. The largest absolute Gasteiger partial charge is 0.398 e. The SMILES string of the molecule is Nc1ccccc1SC[C@H](O)CSc1cccs1. The molecule has 1 atom stereocenters. The van der Waals surface area contributed by atoms with Gasteiger partial charge in [0.2, 0.25) is 0 Å².